The van der Waals surface area contributed by atoms with Gasteiger partial charge in [-0.15, -0.1) is 0 Å². The molecule has 1 unspecified atom stereocenters. The summed E-state index contributed by atoms with van der Waals surface area (Å²) in [6.07, 6.45) is 6.22. The highest BCUT2D eigenvalue weighted by atomic mass is 16.5. The SMILES string of the molecule is C/C=C\C1=Cc2cc(-c3ccccc3C3(c4ccccc4)c4ccccc4-c4cc5ccccc5cc43)cc3cccc(c23)O1. The van der Waals surface area contributed by atoms with Crippen LogP contribution in [-0.4, -0.2) is 0 Å². The molecular weight excluding hydrogens is 544 g/mol. The van der Waals surface area contributed by atoms with Gasteiger partial charge in [-0.3, -0.25) is 0 Å². The molecule has 0 radical (unpaired) electrons. The van der Waals surface area contributed by atoms with Gasteiger partial charge in [0, 0.05) is 5.39 Å². The summed E-state index contributed by atoms with van der Waals surface area (Å²) in [7, 11) is 0. The third-order valence-electron chi connectivity index (χ3n) is 9.59. The number of benzene rings is 7. The first kappa shape index (κ1) is 25.8. The molecule has 0 saturated carbocycles. The van der Waals surface area contributed by atoms with Crippen LogP contribution in [0.4, 0.5) is 0 Å². The fourth-order valence-electron chi connectivity index (χ4n) is 7.81. The Morgan fingerprint density at radius 1 is 0.533 bits per heavy atom. The van der Waals surface area contributed by atoms with E-state index in [9.17, 15) is 0 Å². The Labute approximate surface area is 263 Å². The molecule has 9 rings (SSSR count). The van der Waals surface area contributed by atoms with Gasteiger partial charge in [0.2, 0.25) is 0 Å². The van der Waals surface area contributed by atoms with Crippen molar-refractivity contribution >= 4 is 27.6 Å². The highest BCUT2D eigenvalue weighted by Crippen LogP contribution is 2.58. The molecule has 7 aromatic carbocycles. The van der Waals surface area contributed by atoms with E-state index in [4.69, 9.17) is 4.74 Å². The van der Waals surface area contributed by atoms with Crippen LogP contribution in [0.15, 0.2) is 164 Å². The standard InChI is InChI=1S/C44H30O/c1-2-13-35-26-33-25-32(24-31-16-12-23-42(45-35)43(31)33)36-19-8-10-21-39(36)44(34-17-4-3-5-18-34)40-22-11-9-20-37(40)38-27-29-14-6-7-15-30(29)28-41(38)44/h2-28H,1H3/b13-2-. The molecule has 0 bridgehead atoms. The molecule has 2 aliphatic rings. The first-order valence-corrected chi connectivity index (χ1v) is 15.6. The third-order valence-corrected chi connectivity index (χ3v) is 9.59. The zero-order valence-corrected chi connectivity index (χ0v) is 25.0. The minimum atomic E-state index is -0.503. The Morgan fingerprint density at radius 3 is 2.00 bits per heavy atom. The maximum Gasteiger partial charge on any atom is 0.135 e. The van der Waals surface area contributed by atoms with Crippen LogP contribution < -0.4 is 4.74 Å². The van der Waals surface area contributed by atoms with E-state index < -0.39 is 5.41 Å². The molecule has 7 aromatic rings. The van der Waals surface area contributed by atoms with Crippen molar-refractivity contribution in [3.63, 3.8) is 0 Å². The molecule has 1 heteroatoms. The Balaban J connectivity index is 1.40. The molecule has 0 spiro atoms. The Hall–Kier alpha value is -5.66. The van der Waals surface area contributed by atoms with Gasteiger partial charge in [0.15, 0.2) is 0 Å². The van der Waals surface area contributed by atoms with Crippen LogP contribution in [0.5, 0.6) is 5.75 Å². The molecule has 212 valence electrons. The predicted molar refractivity (Wildman–Crippen MR) is 188 cm³/mol. The normalized spacial score (nSPS) is 16.4. The van der Waals surface area contributed by atoms with Gasteiger partial charge >= 0.3 is 0 Å². The maximum atomic E-state index is 6.26. The van der Waals surface area contributed by atoms with Gasteiger partial charge in [-0.05, 0) is 116 Å². The third kappa shape index (κ3) is 3.74. The number of rotatable bonds is 4. The number of allylic oxidation sites excluding steroid dienone is 2. The van der Waals surface area contributed by atoms with Crippen molar-refractivity contribution in [1.29, 1.82) is 0 Å². The van der Waals surface area contributed by atoms with Gasteiger partial charge in [-0.25, -0.2) is 0 Å². The monoisotopic (exact) mass is 574 g/mol. The van der Waals surface area contributed by atoms with E-state index in [2.05, 4.69) is 152 Å². The van der Waals surface area contributed by atoms with Crippen LogP contribution in [0.3, 0.4) is 0 Å². The highest BCUT2D eigenvalue weighted by Gasteiger charge is 2.47. The van der Waals surface area contributed by atoms with E-state index in [0.29, 0.717) is 0 Å². The molecule has 0 amide bonds. The summed E-state index contributed by atoms with van der Waals surface area (Å²) in [4.78, 5) is 0. The predicted octanol–water partition coefficient (Wildman–Crippen LogP) is 11.3. The van der Waals surface area contributed by atoms with Crippen LogP contribution in [0, 0.1) is 0 Å². The molecule has 1 nitrogen and oxygen atoms in total. The second-order valence-electron chi connectivity index (χ2n) is 12.0. The van der Waals surface area contributed by atoms with Gasteiger partial charge < -0.3 is 4.74 Å². The highest BCUT2D eigenvalue weighted by molar-refractivity contribution is 6.01. The summed E-state index contributed by atoms with van der Waals surface area (Å²) in [5.41, 5.74) is 10.9. The van der Waals surface area contributed by atoms with Crippen LogP contribution in [0.1, 0.15) is 34.7 Å². The number of hydrogen-bond donors (Lipinski definition) is 0. The van der Waals surface area contributed by atoms with Crippen LogP contribution >= 0.6 is 0 Å². The van der Waals surface area contributed by atoms with E-state index in [1.807, 2.05) is 19.1 Å². The largest absolute Gasteiger partial charge is 0.457 e. The van der Waals surface area contributed by atoms with E-state index in [-0.39, 0.29) is 0 Å². The minimum absolute atomic E-state index is 0.503. The van der Waals surface area contributed by atoms with Gasteiger partial charge in [0.25, 0.3) is 0 Å². The molecule has 1 heterocycles. The lowest BCUT2D eigenvalue weighted by atomic mass is 9.65. The van der Waals surface area contributed by atoms with Crippen molar-refractivity contribution < 1.29 is 4.74 Å². The molecular formula is C44H30O. The second-order valence-corrected chi connectivity index (χ2v) is 12.0. The summed E-state index contributed by atoms with van der Waals surface area (Å²) in [5, 5.41) is 4.86. The summed E-state index contributed by atoms with van der Waals surface area (Å²) >= 11 is 0. The second kappa shape index (κ2) is 9.94. The lowest BCUT2D eigenvalue weighted by Crippen LogP contribution is -2.29. The number of hydrogen-bond acceptors (Lipinski definition) is 1. The first-order chi connectivity index (χ1) is 22.3. The van der Waals surface area contributed by atoms with E-state index in [1.54, 1.807) is 0 Å². The topological polar surface area (TPSA) is 9.23 Å². The average Bonchev–Trinajstić information content (AvgIpc) is 3.37. The molecule has 45 heavy (non-hydrogen) atoms. The molecule has 0 saturated heterocycles. The number of fused-ring (bicyclic) bond motifs is 4. The average molecular weight is 575 g/mol. The van der Waals surface area contributed by atoms with Crippen molar-refractivity contribution in [2.24, 2.45) is 0 Å². The Bertz CT molecular complexity index is 2360. The fourth-order valence-corrected chi connectivity index (χ4v) is 7.81. The van der Waals surface area contributed by atoms with E-state index in [1.165, 1.54) is 66.2 Å². The van der Waals surface area contributed by atoms with Crippen LogP contribution in [0.25, 0.3) is 49.9 Å². The van der Waals surface area contributed by atoms with Crippen molar-refractivity contribution in [3.8, 4) is 28.0 Å². The summed E-state index contributed by atoms with van der Waals surface area (Å²) < 4.78 is 6.26. The summed E-state index contributed by atoms with van der Waals surface area (Å²) in [6, 6.07) is 53.7. The fraction of sp³-hybridized carbons (Fsp3) is 0.0455. The van der Waals surface area contributed by atoms with Gasteiger partial charge in [-0.2, -0.15) is 0 Å². The van der Waals surface area contributed by atoms with Crippen LogP contribution in [0.2, 0.25) is 0 Å². The molecule has 0 N–H and O–H groups in total. The molecule has 0 aromatic heterocycles. The molecule has 0 fully saturated rings. The van der Waals surface area contributed by atoms with Crippen molar-refractivity contribution in [1.82, 2.24) is 0 Å². The maximum absolute atomic E-state index is 6.26. The quantitative estimate of drug-likeness (QED) is 0.203. The minimum Gasteiger partial charge on any atom is -0.457 e. The Kier molecular flexibility index (Phi) is 5.70. The first-order valence-electron chi connectivity index (χ1n) is 15.6. The molecule has 1 atom stereocenters. The zero-order valence-electron chi connectivity index (χ0n) is 25.0. The molecule has 1 aliphatic carbocycles. The number of ether oxygens (including phenoxy) is 1. The lowest BCUT2D eigenvalue weighted by molar-refractivity contribution is 0.451. The van der Waals surface area contributed by atoms with Gasteiger partial charge in [0.05, 0.1) is 5.41 Å². The van der Waals surface area contributed by atoms with Gasteiger partial charge in [0.1, 0.15) is 11.5 Å². The summed E-state index contributed by atoms with van der Waals surface area (Å²) in [5.74, 6) is 1.76. The zero-order chi connectivity index (χ0) is 30.0. The van der Waals surface area contributed by atoms with Crippen molar-refractivity contribution in [2.45, 2.75) is 12.3 Å². The van der Waals surface area contributed by atoms with Crippen molar-refractivity contribution in [2.75, 3.05) is 0 Å². The Morgan fingerprint density at radius 2 is 1.20 bits per heavy atom. The van der Waals surface area contributed by atoms with E-state index >= 15 is 0 Å². The van der Waals surface area contributed by atoms with E-state index in [0.717, 1.165) is 16.9 Å². The van der Waals surface area contributed by atoms with Crippen molar-refractivity contribution in [3.05, 3.63) is 191 Å². The smallest absolute Gasteiger partial charge is 0.135 e. The van der Waals surface area contributed by atoms with Gasteiger partial charge in [-0.1, -0.05) is 121 Å². The summed E-state index contributed by atoms with van der Waals surface area (Å²) in [6.45, 7) is 2.02. The lowest BCUT2D eigenvalue weighted by Gasteiger charge is -2.36. The molecule has 1 aliphatic heterocycles. The van der Waals surface area contributed by atoms with Crippen LogP contribution in [-0.2, 0) is 5.41 Å².